The van der Waals surface area contributed by atoms with E-state index in [0.29, 0.717) is 28.8 Å². The molecule has 122 valence electrons. The van der Waals surface area contributed by atoms with Crippen molar-refractivity contribution >= 4 is 16.9 Å². The molecule has 0 aliphatic heterocycles. The highest BCUT2D eigenvalue weighted by Gasteiger charge is 2.15. The van der Waals surface area contributed by atoms with Gasteiger partial charge in [-0.2, -0.15) is 5.10 Å². The van der Waals surface area contributed by atoms with Crippen LogP contribution in [0.4, 0.5) is 0 Å². The molecule has 4 aromatic rings. The Hall–Kier alpha value is -3.54. The van der Waals surface area contributed by atoms with Crippen LogP contribution >= 0.6 is 0 Å². The highest BCUT2D eigenvalue weighted by Crippen LogP contribution is 2.25. The van der Waals surface area contributed by atoms with Gasteiger partial charge in [0.2, 0.25) is 5.91 Å². The van der Waals surface area contributed by atoms with E-state index in [2.05, 4.69) is 10.1 Å². The molecule has 1 aromatic carbocycles. The standard InChI is InChI=1S/C19H15N5O/c20-18(25)15-10-17(14-4-2-1-3-5-14)23-19-16(15)11-22-24(19)12-13-6-8-21-9-7-13/h1-11H,12H2,(H2,20,25). The molecule has 0 saturated heterocycles. The average Bonchev–Trinajstić information content (AvgIpc) is 3.05. The highest BCUT2D eigenvalue weighted by atomic mass is 16.1. The van der Waals surface area contributed by atoms with Gasteiger partial charge in [-0.05, 0) is 23.8 Å². The summed E-state index contributed by atoms with van der Waals surface area (Å²) in [5.41, 5.74) is 9.29. The summed E-state index contributed by atoms with van der Waals surface area (Å²) < 4.78 is 1.77. The quantitative estimate of drug-likeness (QED) is 0.623. The van der Waals surface area contributed by atoms with Crippen molar-refractivity contribution in [3.63, 3.8) is 0 Å². The van der Waals surface area contributed by atoms with Gasteiger partial charge in [0.05, 0.1) is 29.4 Å². The van der Waals surface area contributed by atoms with Crippen LogP contribution in [0.5, 0.6) is 0 Å². The van der Waals surface area contributed by atoms with E-state index in [9.17, 15) is 4.79 Å². The number of nitrogens with two attached hydrogens (primary N) is 1. The summed E-state index contributed by atoms with van der Waals surface area (Å²) in [4.78, 5) is 20.7. The molecule has 0 radical (unpaired) electrons. The molecule has 0 fully saturated rings. The number of benzene rings is 1. The van der Waals surface area contributed by atoms with Crippen LogP contribution in [0.25, 0.3) is 22.3 Å². The third-order valence-corrected chi connectivity index (χ3v) is 4.03. The van der Waals surface area contributed by atoms with Crippen LogP contribution < -0.4 is 5.73 Å². The van der Waals surface area contributed by atoms with E-state index in [0.717, 1.165) is 11.1 Å². The zero-order valence-corrected chi connectivity index (χ0v) is 13.3. The molecule has 0 aliphatic carbocycles. The van der Waals surface area contributed by atoms with Crippen molar-refractivity contribution in [3.8, 4) is 11.3 Å². The first-order valence-corrected chi connectivity index (χ1v) is 7.83. The Bertz CT molecular complexity index is 1040. The first-order valence-electron chi connectivity index (χ1n) is 7.83. The Kier molecular flexibility index (Phi) is 3.70. The molecule has 25 heavy (non-hydrogen) atoms. The molecule has 2 N–H and O–H groups in total. The summed E-state index contributed by atoms with van der Waals surface area (Å²) in [6.45, 7) is 0.537. The fraction of sp³-hybridized carbons (Fsp3) is 0.0526. The number of pyridine rings is 2. The molecule has 0 saturated carbocycles. The summed E-state index contributed by atoms with van der Waals surface area (Å²) in [6, 6.07) is 15.3. The van der Waals surface area contributed by atoms with Gasteiger partial charge in [-0.25, -0.2) is 9.67 Å². The molecule has 0 atom stereocenters. The van der Waals surface area contributed by atoms with E-state index >= 15 is 0 Å². The number of rotatable bonds is 4. The number of hydrogen-bond acceptors (Lipinski definition) is 4. The van der Waals surface area contributed by atoms with E-state index in [4.69, 9.17) is 10.7 Å². The largest absolute Gasteiger partial charge is 0.366 e. The molecule has 0 spiro atoms. The number of fused-ring (bicyclic) bond motifs is 1. The molecule has 3 heterocycles. The molecule has 6 nitrogen and oxygen atoms in total. The molecule has 0 unspecified atom stereocenters. The van der Waals surface area contributed by atoms with E-state index in [1.54, 1.807) is 29.3 Å². The van der Waals surface area contributed by atoms with Gasteiger partial charge in [0.15, 0.2) is 5.65 Å². The predicted molar refractivity (Wildman–Crippen MR) is 94.8 cm³/mol. The van der Waals surface area contributed by atoms with Crippen molar-refractivity contribution in [1.29, 1.82) is 0 Å². The van der Waals surface area contributed by atoms with Crippen molar-refractivity contribution in [2.45, 2.75) is 6.54 Å². The Morgan fingerprint density at radius 1 is 1.08 bits per heavy atom. The van der Waals surface area contributed by atoms with E-state index in [1.807, 2.05) is 42.5 Å². The summed E-state index contributed by atoms with van der Waals surface area (Å²) in [5, 5.41) is 5.05. The SMILES string of the molecule is NC(=O)c1cc(-c2ccccc2)nc2c1cnn2Cc1ccncc1. The molecule has 1 amide bonds. The Labute approximate surface area is 144 Å². The van der Waals surface area contributed by atoms with Crippen LogP contribution in [0.3, 0.4) is 0 Å². The fourth-order valence-electron chi connectivity index (χ4n) is 2.79. The molecule has 4 rings (SSSR count). The lowest BCUT2D eigenvalue weighted by molar-refractivity contribution is 0.100. The lowest BCUT2D eigenvalue weighted by Crippen LogP contribution is -2.12. The van der Waals surface area contributed by atoms with E-state index in [-0.39, 0.29) is 0 Å². The number of primary amides is 1. The van der Waals surface area contributed by atoms with Gasteiger partial charge in [-0.15, -0.1) is 0 Å². The maximum Gasteiger partial charge on any atom is 0.249 e. The molecule has 0 aliphatic rings. The van der Waals surface area contributed by atoms with Crippen LogP contribution in [0.2, 0.25) is 0 Å². The molecule has 0 bridgehead atoms. The Balaban J connectivity index is 1.89. The Morgan fingerprint density at radius 3 is 2.56 bits per heavy atom. The number of carbonyl (C=O) groups excluding carboxylic acids is 1. The van der Waals surface area contributed by atoms with Crippen molar-refractivity contribution in [1.82, 2.24) is 19.7 Å². The smallest absolute Gasteiger partial charge is 0.249 e. The second-order valence-corrected chi connectivity index (χ2v) is 5.68. The minimum atomic E-state index is -0.493. The van der Waals surface area contributed by atoms with Gasteiger partial charge >= 0.3 is 0 Å². The predicted octanol–water partition coefficient (Wildman–Crippen LogP) is 2.64. The zero-order chi connectivity index (χ0) is 17.2. The van der Waals surface area contributed by atoms with Crippen LogP contribution in [-0.4, -0.2) is 25.7 Å². The van der Waals surface area contributed by atoms with Gasteiger partial charge in [-0.1, -0.05) is 30.3 Å². The van der Waals surface area contributed by atoms with Gasteiger partial charge in [0, 0.05) is 18.0 Å². The summed E-state index contributed by atoms with van der Waals surface area (Å²) in [6.07, 6.45) is 5.11. The van der Waals surface area contributed by atoms with Gasteiger partial charge < -0.3 is 5.73 Å². The van der Waals surface area contributed by atoms with Crippen LogP contribution in [0, 0.1) is 0 Å². The normalized spacial score (nSPS) is 10.9. The van der Waals surface area contributed by atoms with E-state index in [1.165, 1.54) is 0 Å². The van der Waals surface area contributed by atoms with Gasteiger partial charge in [-0.3, -0.25) is 9.78 Å². The maximum absolute atomic E-state index is 11.9. The van der Waals surface area contributed by atoms with Crippen molar-refractivity contribution in [2.75, 3.05) is 0 Å². The van der Waals surface area contributed by atoms with Crippen molar-refractivity contribution in [3.05, 3.63) is 78.2 Å². The zero-order valence-electron chi connectivity index (χ0n) is 13.3. The third kappa shape index (κ3) is 2.85. The fourth-order valence-corrected chi connectivity index (χ4v) is 2.79. The molecular weight excluding hydrogens is 314 g/mol. The second-order valence-electron chi connectivity index (χ2n) is 5.68. The summed E-state index contributed by atoms with van der Waals surface area (Å²) in [5.74, 6) is -0.493. The first-order chi connectivity index (χ1) is 12.2. The number of carbonyl (C=O) groups is 1. The number of amides is 1. The van der Waals surface area contributed by atoms with Crippen LogP contribution in [0.1, 0.15) is 15.9 Å². The average molecular weight is 329 g/mol. The topological polar surface area (TPSA) is 86.7 Å². The molecule has 3 aromatic heterocycles. The van der Waals surface area contributed by atoms with Crippen LogP contribution in [0.15, 0.2) is 67.1 Å². The van der Waals surface area contributed by atoms with E-state index < -0.39 is 5.91 Å². The summed E-state index contributed by atoms with van der Waals surface area (Å²) in [7, 11) is 0. The molecule has 6 heteroatoms. The minimum Gasteiger partial charge on any atom is -0.366 e. The number of hydrogen-bond donors (Lipinski definition) is 1. The van der Waals surface area contributed by atoms with Gasteiger partial charge in [0.25, 0.3) is 0 Å². The lowest BCUT2D eigenvalue weighted by Gasteiger charge is -2.07. The summed E-state index contributed by atoms with van der Waals surface area (Å²) >= 11 is 0. The van der Waals surface area contributed by atoms with Crippen molar-refractivity contribution < 1.29 is 4.79 Å². The highest BCUT2D eigenvalue weighted by molar-refractivity contribution is 6.05. The van der Waals surface area contributed by atoms with Crippen LogP contribution in [-0.2, 0) is 6.54 Å². The third-order valence-electron chi connectivity index (χ3n) is 4.03. The second kappa shape index (κ2) is 6.16. The number of aromatic nitrogens is 4. The molecular formula is C19H15N5O. The van der Waals surface area contributed by atoms with Crippen molar-refractivity contribution in [2.24, 2.45) is 5.73 Å². The lowest BCUT2D eigenvalue weighted by atomic mass is 10.1. The first kappa shape index (κ1) is 15.0. The monoisotopic (exact) mass is 329 g/mol. The van der Waals surface area contributed by atoms with Gasteiger partial charge in [0.1, 0.15) is 0 Å². The number of nitrogens with zero attached hydrogens (tertiary/aromatic N) is 4. The minimum absolute atomic E-state index is 0.421. The Morgan fingerprint density at radius 2 is 1.84 bits per heavy atom. The maximum atomic E-state index is 11.9.